The molecule has 3 aromatic rings. The van der Waals surface area contributed by atoms with Crippen LogP contribution in [0.4, 0.5) is 4.39 Å². The first-order chi connectivity index (χ1) is 16.4. The lowest BCUT2D eigenvalue weighted by Crippen LogP contribution is -2.51. The molecule has 1 atom stereocenters. The maximum Gasteiger partial charge on any atom is 0.261 e. The van der Waals surface area contributed by atoms with Crippen molar-refractivity contribution in [2.75, 3.05) is 13.2 Å². The summed E-state index contributed by atoms with van der Waals surface area (Å²) in [5, 5.41) is 3.40. The Labute approximate surface area is 204 Å². The number of aryl methyl sites for hydroxylation is 1. The Morgan fingerprint density at radius 1 is 1.06 bits per heavy atom. The van der Waals surface area contributed by atoms with Crippen LogP contribution < -0.4 is 10.1 Å². The fourth-order valence-corrected chi connectivity index (χ4v) is 3.71. The zero-order chi connectivity index (χ0) is 24.5. The molecule has 0 spiro atoms. The van der Waals surface area contributed by atoms with Crippen LogP contribution in [0, 0.1) is 12.7 Å². The van der Waals surface area contributed by atoms with Gasteiger partial charge in [-0.15, -0.1) is 0 Å². The van der Waals surface area contributed by atoms with E-state index < -0.39 is 17.8 Å². The fourth-order valence-electron chi connectivity index (χ4n) is 3.59. The van der Waals surface area contributed by atoms with Crippen molar-refractivity contribution in [2.24, 2.45) is 0 Å². The molecule has 178 valence electrons. The van der Waals surface area contributed by atoms with Gasteiger partial charge in [0.15, 0.2) is 6.61 Å². The van der Waals surface area contributed by atoms with Gasteiger partial charge in [-0.05, 0) is 49.2 Å². The lowest BCUT2D eigenvalue weighted by atomic mass is 10.0. The average Bonchev–Trinajstić information content (AvgIpc) is 2.83. The molecule has 0 aliphatic rings. The molecule has 1 N–H and O–H groups in total. The fraction of sp³-hybridized carbons (Fsp3) is 0.259. The van der Waals surface area contributed by atoms with E-state index in [2.05, 4.69) is 5.32 Å². The van der Waals surface area contributed by atoms with E-state index in [-0.39, 0.29) is 25.5 Å². The highest BCUT2D eigenvalue weighted by molar-refractivity contribution is 6.31. The average molecular weight is 483 g/mol. The van der Waals surface area contributed by atoms with Crippen molar-refractivity contribution >= 4 is 23.4 Å². The van der Waals surface area contributed by atoms with Crippen LogP contribution in [-0.2, 0) is 22.6 Å². The summed E-state index contributed by atoms with van der Waals surface area (Å²) in [6.07, 6.45) is 0.285. The molecule has 0 fully saturated rings. The van der Waals surface area contributed by atoms with Crippen molar-refractivity contribution in [2.45, 2.75) is 32.9 Å². The Kier molecular flexibility index (Phi) is 9.05. The molecule has 0 bridgehead atoms. The molecule has 7 heteroatoms. The predicted molar refractivity (Wildman–Crippen MR) is 131 cm³/mol. The SMILES string of the molecule is CCNC(=O)[C@@H](Cc1ccccc1)N(Cc1ccccc1F)C(=O)COc1ccc(Cl)c(C)c1. The van der Waals surface area contributed by atoms with Crippen LogP contribution in [0.1, 0.15) is 23.6 Å². The van der Waals surface area contributed by atoms with E-state index in [0.29, 0.717) is 22.9 Å². The van der Waals surface area contributed by atoms with Crippen LogP contribution in [-0.4, -0.2) is 35.9 Å². The highest BCUT2D eigenvalue weighted by atomic mass is 35.5. The molecule has 0 aliphatic heterocycles. The van der Waals surface area contributed by atoms with Gasteiger partial charge < -0.3 is 15.0 Å². The molecule has 3 aromatic carbocycles. The number of carbonyl (C=O) groups excluding carboxylic acids is 2. The quantitative estimate of drug-likeness (QED) is 0.445. The molecular formula is C27H28ClFN2O3. The van der Waals surface area contributed by atoms with Crippen molar-refractivity contribution in [3.63, 3.8) is 0 Å². The van der Waals surface area contributed by atoms with Crippen LogP contribution in [0.15, 0.2) is 72.8 Å². The Bertz CT molecular complexity index is 1120. The molecule has 3 rings (SSSR count). The van der Waals surface area contributed by atoms with Crippen molar-refractivity contribution < 1.29 is 18.7 Å². The molecule has 0 radical (unpaired) electrons. The lowest BCUT2D eigenvalue weighted by molar-refractivity contribution is -0.142. The number of likely N-dealkylation sites (N-methyl/N-ethyl adjacent to an activating group) is 1. The minimum absolute atomic E-state index is 0.0663. The van der Waals surface area contributed by atoms with Gasteiger partial charge in [-0.25, -0.2) is 4.39 Å². The highest BCUT2D eigenvalue weighted by Crippen LogP contribution is 2.22. The smallest absolute Gasteiger partial charge is 0.261 e. The van der Waals surface area contributed by atoms with Crippen LogP contribution in [0.25, 0.3) is 0 Å². The summed E-state index contributed by atoms with van der Waals surface area (Å²) in [4.78, 5) is 27.9. The van der Waals surface area contributed by atoms with Crippen molar-refractivity contribution in [1.82, 2.24) is 10.2 Å². The first-order valence-corrected chi connectivity index (χ1v) is 11.5. The second-order valence-corrected chi connectivity index (χ2v) is 8.32. The summed E-state index contributed by atoms with van der Waals surface area (Å²) in [6, 6.07) is 19.9. The Balaban J connectivity index is 1.90. The van der Waals surface area contributed by atoms with Gasteiger partial charge in [-0.1, -0.05) is 60.1 Å². The molecule has 0 unspecified atom stereocenters. The third-order valence-corrected chi connectivity index (χ3v) is 5.84. The van der Waals surface area contributed by atoms with E-state index in [4.69, 9.17) is 16.3 Å². The number of hydrogen-bond donors (Lipinski definition) is 1. The molecule has 2 amide bonds. The maximum absolute atomic E-state index is 14.5. The molecule has 5 nitrogen and oxygen atoms in total. The first-order valence-electron chi connectivity index (χ1n) is 11.1. The third-order valence-electron chi connectivity index (χ3n) is 5.41. The normalized spacial score (nSPS) is 11.5. The van der Waals surface area contributed by atoms with Crippen molar-refractivity contribution in [3.05, 3.63) is 100 Å². The van der Waals surface area contributed by atoms with Crippen LogP contribution in [0.5, 0.6) is 5.75 Å². The van der Waals surface area contributed by atoms with E-state index in [1.165, 1.54) is 11.0 Å². The van der Waals surface area contributed by atoms with Gasteiger partial charge in [0, 0.05) is 30.1 Å². The number of amides is 2. The number of nitrogens with one attached hydrogen (secondary N) is 1. The molecule has 0 aliphatic carbocycles. The minimum atomic E-state index is -0.843. The Hall–Kier alpha value is -3.38. The van der Waals surface area contributed by atoms with Crippen LogP contribution in [0.2, 0.25) is 5.02 Å². The van der Waals surface area contributed by atoms with E-state index in [1.54, 1.807) is 36.4 Å². The summed E-state index contributed by atoms with van der Waals surface area (Å²) in [6.45, 7) is 3.69. The largest absolute Gasteiger partial charge is 0.484 e. The van der Waals surface area contributed by atoms with E-state index in [1.807, 2.05) is 44.2 Å². The minimum Gasteiger partial charge on any atom is -0.484 e. The zero-order valence-electron chi connectivity index (χ0n) is 19.3. The topological polar surface area (TPSA) is 58.6 Å². The Morgan fingerprint density at radius 3 is 2.44 bits per heavy atom. The second kappa shape index (κ2) is 12.2. The van der Waals surface area contributed by atoms with Crippen molar-refractivity contribution in [1.29, 1.82) is 0 Å². The number of ether oxygens (including phenoxy) is 1. The lowest BCUT2D eigenvalue weighted by Gasteiger charge is -2.31. The van der Waals surface area contributed by atoms with Crippen LogP contribution >= 0.6 is 11.6 Å². The molecule has 0 aromatic heterocycles. The molecule has 0 heterocycles. The number of rotatable bonds is 10. The molecular weight excluding hydrogens is 455 g/mol. The van der Waals surface area contributed by atoms with Gasteiger partial charge in [-0.3, -0.25) is 9.59 Å². The van der Waals surface area contributed by atoms with E-state index in [0.717, 1.165) is 11.1 Å². The third kappa shape index (κ3) is 6.81. The number of nitrogens with zero attached hydrogens (tertiary/aromatic N) is 1. The standard InChI is InChI=1S/C27H28ClFN2O3/c1-3-30-27(33)25(16-20-9-5-4-6-10-20)31(17-21-11-7-8-12-24(21)29)26(32)18-34-22-13-14-23(28)19(2)15-22/h4-15,25H,3,16-18H2,1-2H3,(H,30,33)/t25-/m1/s1. The number of benzene rings is 3. The summed E-state index contributed by atoms with van der Waals surface area (Å²) in [5.74, 6) is -0.691. The molecule has 0 saturated heterocycles. The van der Waals surface area contributed by atoms with Crippen LogP contribution in [0.3, 0.4) is 0 Å². The highest BCUT2D eigenvalue weighted by Gasteiger charge is 2.31. The van der Waals surface area contributed by atoms with Gasteiger partial charge in [0.1, 0.15) is 17.6 Å². The van der Waals surface area contributed by atoms with Crippen molar-refractivity contribution in [3.8, 4) is 5.75 Å². The maximum atomic E-state index is 14.5. The molecule has 34 heavy (non-hydrogen) atoms. The monoisotopic (exact) mass is 482 g/mol. The summed E-state index contributed by atoms with van der Waals surface area (Å²) in [5.41, 5.74) is 2.03. The predicted octanol–water partition coefficient (Wildman–Crippen LogP) is 4.94. The number of halogens is 2. The van der Waals surface area contributed by atoms with Gasteiger partial charge in [0.05, 0.1) is 0 Å². The molecule has 0 saturated carbocycles. The van der Waals surface area contributed by atoms with E-state index in [9.17, 15) is 14.0 Å². The van der Waals surface area contributed by atoms with Gasteiger partial charge >= 0.3 is 0 Å². The summed E-state index contributed by atoms with van der Waals surface area (Å²) < 4.78 is 20.2. The Morgan fingerprint density at radius 2 is 1.76 bits per heavy atom. The van der Waals surface area contributed by atoms with Gasteiger partial charge in [0.25, 0.3) is 5.91 Å². The van der Waals surface area contributed by atoms with Gasteiger partial charge in [-0.2, -0.15) is 0 Å². The summed E-state index contributed by atoms with van der Waals surface area (Å²) in [7, 11) is 0. The number of carbonyl (C=O) groups is 2. The van der Waals surface area contributed by atoms with E-state index >= 15 is 0 Å². The number of hydrogen-bond acceptors (Lipinski definition) is 3. The summed E-state index contributed by atoms with van der Waals surface area (Å²) >= 11 is 6.07. The zero-order valence-corrected chi connectivity index (χ0v) is 20.0. The van der Waals surface area contributed by atoms with Gasteiger partial charge in [0.2, 0.25) is 5.91 Å². The second-order valence-electron chi connectivity index (χ2n) is 7.91. The first kappa shape index (κ1) is 25.2.